The molecule has 1 atom stereocenters. The summed E-state index contributed by atoms with van der Waals surface area (Å²) >= 11 is 0. The van der Waals surface area contributed by atoms with E-state index in [0.29, 0.717) is 5.69 Å². The maximum absolute atomic E-state index is 12.6. The summed E-state index contributed by atoms with van der Waals surface area (Å²) in [5.74, 6) is -0.272. The van der Waals surface area contributed by atoms with E-state index in [4.69, 9.17) is 0 Å². The maximum Gasteiger partial charge on any atom is 0.275 e. The standard InChI is InChI=1S/C20H23N5O2/c1-12-7-5-6-8-16(12)25-17-10-20(3,4)9-15(14(17)11-21-25)22-19(26)18-13(2)23-27-24-18/h5-8,11,15H,9-10H2,1-4H3,(H,22,26)/t15-/m0/s1. The van der Waals surface area contributed by atoms with Gasteiger partial charge in [0, 0.05) is 5.56 Å². The third-order valence-corrected chi connectivity index (χ3v) is 5.20. The van der Waals surface area contributed by atoms with Crippen molar-refractivity contribution in [1.82, 2.24) is 25.4 Å². The van der Waals surface area contributed by atoms with E-state index in [9.17, 15) is 4.79 Å². The van der Waals surface area contributed by atoms with E-state index in [0.717, 1.165) is 35.3 Å². The molecule has 0 radical (unpaired) electrons. The number of rotatable bonds is 3. The highest BCUT2D eigenvalue weighted by Gasteiger charge is 2.36. The van der Waals surface area contributed by atoms with E-state index in [1.54, 1.807) is 6.92 Å². The molecule has 0 aliphatic heterocycles. The Morgan fingerprint density at radius 3 is 2.74 bits per heavy atom. The highest BCUT2D eigenvalue weighted by molar-refractivity contribution is 5.93. The molecule has 1 aliphatic carbocycles. The Kier molecular flexibility index (Phi) is 4.09. The molecule has 0 saturated heterocycles. The van der Waals surface area contributed by atoms with Gasteiger partial charge in [0.1, 0.15) is 5.69 Å². The van der Waals surface area contributed by atoms with Crippen LogP contribution in [0.5, 0.6) is 0 Å². The minimum Gasteiger partial charge on any atom is -0.344 e. The summed E-state index contributed by atoms with van der Waals surface area (Å²) in [6.45, 7) is 8.22. The van der Waals surface area contributed by atoms with Crippen LogP contribution in [-0.2, 0) is 6.42 Å². The van der Waals surface area contributed by atoms with Gasteiger partial charge in [-0.2, -0.15) is 5.10 Å². The monoisotopic (exact) mass is 365 g/mol. The Balaban J connectivity index is 1.72. The second-order valence-electron chi connectivity index (χ2n) is 8.01. The zero-order valence-corrected chi connectivity index (χ0v) is 16.0. The van der Waals surface area contributed by atoms with Gasteiger partial charge in [0.05, 0.1) is 23.6 Å². The number of amides is 1. The van der Waals surface area contributed by atoms with Crippen LogP contribution >= 0.6 is 0 Å². The third kappa shape index (κ3) is 3.13. The molecule has 0 saturated carbocycles. The predicted molar refractivity (Wildman–Crippen MR) is 99.6 cm³/mol. The topological polar surface area (TPSA) is 85.8 Å². The van der Waals surface area contributed by atoms with Crippen molar-refractivity contribution in [3.8, 4) is 5.69 Å². The minimum absolute atomic E-state index is 0.0303. The number of fused-ring (bicyclic) bond motifs is 1. The van der Waals surface area contributed by atoms with Crippen LogP contribution in [0.2, 0.25) is 0 Å². The molecular weight excluding hydrogens is 342 g/mol. The lowest BCUT2D eigenvalue weighted by molar-refractivity contribution is 0.0909. The Morgan fingerprint density at radius 1 is 1.26 bits per heavy atom. The number of hydrogen-bond acceptors (Lipinski definition) is 5. The lowest BCUT2D eigenvalue weighted by atomic mass is 9.74. The first-order valence-corrected chi connectivity index (χ1v) is 9.08. The van der Waals surface area contributed by atoms with Gasteiger partial charge in [-0.05, 0) is 48.9 Å². The summed E-state index contributed by atoms with van der Waals surface area (Å²) in [6.07, 6.45) is 3.60. The number of aryl methyl sites for hydroxylation is 2. The Hall–Kier alpha value is -2.96. The number of benzene rings is 1. The molecule has 0 spiro atoms. The van der Waals surface area contributed by atoms with Gasteiger partial charge in [-0.25, -0.2) is 9.31 Å². The van der Waals surface area contributed by atoms with Crippen LogP contribution in [0.25, 0.3) is 5.69 Å². The van der Waals surface area contributed by atoms with Gasteiger partial charge in [0.25, 0.3) is 5.91 Å². The Labute approximate surface area is 157 Å². The minimum atomic E-state index is -0.272. The largest absolute Gasteiger partial charge is 0.344 e. The number of carbonyl (C=O) groups is 1. The van der Waals surface area contributed by atoms with Crippen molar-refractivity contribution in [1.29, 1.82) is 0 Å². The summed E-state index contributed by atoms with van der Waals surface area (Å²) in [7, 11) is 0. The van der Waals surface area contributed by atoms with E-state index in [1.807, 2.05) is 23.0 Å². The molecule has 140 valence electrons. The van der Waals surface area contributed by atoms with E-state index in [1.165, 1.54) is 0 Å². The predicted octanol–water partition coefficient (Wildman–Crippen LogP) is 3.32. The second-order valence-corrected chi connectivity index (χ2v) is 8.01. The van der Waals surface area contributed by atoms with Gasteiger partial charge in [-0.15, -0.1) is 0 Å². The Morgan fingerprint density at radius 2 is 2.04 bits per heavy atom. The second kappa shape index (κ2) is 6.33. The van der Waals surface area contributed by atoms with E-state index < -0.39 is 0 Å². The van der Waals surface area contributed by atoms with Crippen LogP contribution < -0.4 is 5.32 Å². The summed E-state index contributed by atoms with van der Waals surface area (Å²) in [5.41, 5.74) is 5.17. The average molecular weight is 365 g/mol. The van der Waals surface area contributed by atoms with Crippen LogP contribution in [0.4, 0.5) is 0 Å². The maximum atomic E-state index is 12.6. The molecule has 1 amide bonds. The quantitative estimate of drug-likeness (QED) is 0.769. The molecule has 1 aliphatic rings. The fraction of sp³-hybridized carbons (Fsp3) is 0.400. The first kappa shape index (κ1) is 17.5. The fourth-order valence-electron chi connectivity index (χ4n) is 3.84. The molecule has 0 fully saturated rings. The SMILES string of the molecule is Cc1ccccc1-n1ncc2c1CC(C)(C)C[C@@H]2NC(=O)c1nonc1C. The van der Waals surface area contributed by atoms with Crippen LogP contribution in [0.3, 0.4) is 0 Å². The van der Waals surface area contributed by atoms with Gasteiger partial charge in [0.2, 0.25) is 0 Å². The third-order valence-electron chi connectivity index (χ3n) is 5.20. The molecule has 2 aromatic heterocycles. The normalized spacial score (nSPS) is 18.1. The average Bonchev–Trinajstić information content (AvgIpc) is 3.20. The molecule has 27 heavy (non-hydrogen) atoms. The van der Waals surface area contributed by atoms with Crippen molar-refractivity contribution >= 4 is 5.91 Å². The zero-order valence-electron chi connectivity index (χ0n) is 16.0. The molecule has 7 nitrogen and oxygen atoms in total. The summed E-state index contributed by atoms with van der Waals surface area (Å²) in [5, 5.41) is 15.2. The van der Waals surface area contributed by atoms with Gasteiger partial charge in [-0.1, -0.05) is 37.2 Å². The molecular formula is C20H23N5O2. The molecule has 0 unspecified atom stereocenters. The lowest BCUT2D eigenvalue weighted by Gasteiger charge is -2.36. The molecule has 2 heterocycles. The number of aromatic nitrogens is 4. The van der Waals surface area contributed by atoms with Crippen molar-refractivity contribution in [2.24, 2.45) is 5.41 Å². The number of carbonyl (C=O) groups excluding carboxylic acids is 1. The van der Waals surface area contributed by atoms with Crippen LogP contribution in [0.15, 0.2) is 35.1 Å². The van der Waals surface area contributed by atoms with Gasteiger partial charge < -0.3 is 5.32 Å². The summed E-state index contributed by atoms with van der Waals surface area (Å²) in [4.78, 5) is 12.6. The Bertz CT molecular complexity index is 1000. The number of nitrogens with one attached hydrogen (secondary N) is 1. The van der Waals surface area contributed by atoms with Crippen LogP contribution in [0.1, 0.15) is 59.3 Å². The number of hydrogen-bond donors (Lipinski definition) is 1. The lowest BCUT2D eigenvalue weighted by Crippen LogP contribution is -2.37. The smallest absolute Gasteiger partial charge is 0.275 e. The summed E-state index contributed by atoms with van der Waals surface area (Å²) < 4.78 is 6.67. The van der Waals surface area contributed by atoms with Crippen molar-refractivity contribution in [2.75, 3.05) is 0 Å². The van der Waals surface area contributed by atoms with Crippen molar-refractivity contribution in [3.05, 3.63) is 58.7 Å². The number of para-hydroxylation sites is 1. The zero-order chi connectivity index (χ0) is 19.2. The van der Waals surface area contributed by atoms with E-state index >= 15 is 0 Å². The number of nitrogens with zero attached hydrogens (tertiary/aromatic N) is 4. The van der Waals surface area contributed by atoms with Crippen molar-refractivity contribution in [3.63, 3.8) is 0 Å². The van der Waals surface area contributed by atoms with Gasteiger partial charge in [0.15, 0.2) is 5.69 Å². The van der Waals surface area contributed by atoms with Crippen molar-refractivity contribution < 1.29 is 9.42 Å². The van der Waals surface area contributed by atoms with Gasteiger partial charge >= 0.3 is 0 Å². The highest BCUT2D eigenvalue weighted by atomic mass is 16.6. The van der Waals surface area contributed by atoms with Crippen LogP contribution in [-0.4, -0.2) is 26.0 Å². The molecule has 1 aromatic carbocycles. The molecule has 1 N–H and O–H groups in total. The fourth-order valence-corrected chi connectivity index (χ4v) is 3.84. The highest BCUT2D eigenvalue weighted by Crippen LogP contribution is 2.41. The van der Waals surface area contributed by atoms with E-state index in [2.05, 4.69) is 58.3 Å². The molecule has 7 heteroatoms. The molecule has 4 rings (SSSR count). The van der Waals surface area contributed by atoms with Gasteiger partial charge in [-0.3, -0.25) is 4.79 Å². The molecule has 3 aromatic rings. The van der Waals surface area contributed by atoms with Crippen molar-refractivity contribution in [2.45, 2.75) is 46.6 Å². The first-order chi connectivity index (χ1) is 12.9. The first-order valence-electron chi connectivity index (χ1n) is 9.08. The summed E-state index contributed by atoms with van der Waals surface area (Å²) in [6, 6.07) is 8.06. The van der Waals surface area contributed by atoms with E-state index in [-0.39, 0.29) is 23.1 Å². The van der Waals surface area contributed by atoms with Crippen LogP contribution in [0, 0.1) is 19.3 Å². The molecule has 0 bridgehead atoms.